The zero-order valence-electron chi connectivity index (χ0n) is 49.5. The molecule has 0 fully saturated rings. The van der Waals surface area contributed by atoms with Gasteiger partial charge in [-0.3, -0.25) is 0 Å². The summed E-state index contributed by atoms with van der Waals surface area (Å²) < 4.78 is 15.4. The van der Waals surface area contributed by atoms with E-state index in [2.05, 4.69) is 326 Å². The minimum atomic E-state index is -0.488. The zero-order chi connectivity index (χ0) is 58.3. The Morgan fingerprint density at radius 2 is 0.894 bits per heavy atom. The molecule has 0 saturated heterocycles. The average molecular weight is 1280 g/mol. The van der Waals surface area contributed by atoms with Crippen molar-refractivity contribution in [2.75, 3.05) is 0 Å². The quantitative estimate of drug-likeness (QED) is 0.159. The van der Waals surface area contributed by atoms with E-state index >= 15 is 0 Å². The molecule has 3 aromatic heterocycles. The number of hydrogen-bond acceptors (Lipinski definition) is 2. The molecule has 418 valence electrons. The van der Waals surface area contributed by atoms with Crippen LogP contribution >= 0.6 is 0 Å². The van der Waals surface area contributed by atoms with Crippen molar-refractivity contribution in [3.63, 3.8) is 0 Å². The van der Waals surface area contributed by atoms with Crippen molar-refractivity contribution in [1.82, 2.24) is 18.7 Å². The third kappa shape index (κ3) is 8.29. The standard InChI is InChI=1S/C79H66N4O.Pt/c1-76(2,3)52-39-40-80-74(44-52)83-72-46-57(37-38-63(72)65-47-64-62-29-15-18-34-68(62)79(69(64)48-73(65)83)66-32-16-13-27-60(66)61-28-14-17-33-67(61)79)84-56-26-21-25-55(45-56)81-49-82(71-36-20-19-35-70(71)81)75-58(50-23-11-10-12-24-50)30-22-31-59(75)51-41-53(77(4,5)6)43-54(42-51)78(7,8)9;/h10-48H,1-9H3;. The van der Waals surface area contributed by atoms with Crippen LogP contribution in [0.15, 0.2) is 237 Å². The molecule has 10 aromatic carbocycles. The molecule has 6 heteroatoms. The molecule has 0 unspecified atom stereocenters. The maximum atomic E-state index is 7.11. The predicted octanol–water partition coefficient (Wildman–Crippen LogP) is 20.4. The summed E-state index contributed by atoms with van der Waals surface area (Å²) in [5.41, 5.74) is 24.8. The van der Waals surface area contributed by atoms with Crippen LogP contribution < -0.4 is 4.74 Å². The molecule has 0 bridgehead atoms. The van der Waals surface area contributed by atoms with Crippen molar-refractivity contribution in [2.45, 2.75) is 84.0 Å². The predicted molar refractivity (Wildman–Crippen MR) is 348 cm³/mol. The molecule has 15 rings (SSSR count). The van der Waals surface area contributed by atoms with E-state index in [1.54, 1.807) is 0 Å². The molecule has 0 aliphatic heterocycles. The zero-order valence-corrected chi connectivity index (χ0v) is 51.8. The number of para-hydroxylation sites is 3. The second kappa shape index (κ2) is 19.3. The summed E-state index contributed by atoms with van der Waals surface area (Å²) in [5, 5.41) is 2.31. The van der Waals surface area contributed by atoms with Gasteiger partial charge in [0.2, 0.25) is 0 Å². The van der Waals surface area contributed by atoms with Crippen LogP contribution in [0, 0.1) is 3.80 Å². The molecule has 5 nitrogen and oxygen atoms in total. The van der Waals surface area contributed by atoms with E-state index in [0.717, 1.165) is 71.1 Å². The van der Waals surface area contributed by atoms with Crippen LogP contribution in [-0.2, 0) is 41.0 Å². The summed E-state index contributed by atoms with van der Waals surface area (Å²) >= 11 is 2.55. The molecule has 85 heavy (non-hydrogen) atoms. The number of pyridine rings is 1. The summed E-state index contributed by atoms with van der Waals surface area (Å²) in [5.74, 6) is 2.35. The first-order valence-corrected chi connectivity index (χ1v) is 30.8. The fraction of sp³-hybridized carbons (Fsp3) is 0.165. The van der Waals surface area contributed by atoms with Gasteiger partial charge in [-0.1, -0.05) is 93.6 Å². The molecule has 13 aromatic rings. The first kappa shape index (κ1) is 52.9. The van der Waals surface area contributed by atoms with Gasteiger partial charge in [0.1, 0.15) is 0 Å². The van der Waals surface area contributed by atoms with E-state index in [0.29, 0.717) is 0 Å². The van der Waals surface area contributed by atoms with E-state index in [1.165, 1.54) is 77.7 Å². The van der Waals surface area contributed by atoms with Crippen LogP contribution in [0.25, 0.3) is 94.5 Å². The molecule has 0 amide bonds. The maximum absolute atomic E-state index is 7.11. The molecule has 0 N–H and O–H groups in total. The summed E-state index contributed by atoms with van der Waals surface area (Å²) in [6, 6.07) is 85.4. The van der Waals surface area contributed by atoms with Crippen LogP contribution in [0.2, 0.25) is 0 Å². The number of fused-ring (bicyclic) bond motifs is 14. The molecule has 2 aliphatic carbocycles. The number of rotatable bonds is 7. The third-order valence-electron chi connectivity index (χ3n) is 18.0. The van der Waals surface area contributed by atoms with Gasteiger partial charge >= 0.3 is 346 Å². The summed E-state index contributed by atoms with van der Waals surface area (Å²) in [4.78, 5) is 5.19. The number of nitrogens with zero attached hydrogens (tertiary/aromatic N) is 4. The van der Waals surface area contributed by atoms with Gasteiger partial charge in [0.25, 0.3) is 0 Å². The molecule has 2 aliphatic rings. The van der Waals surface area contributed by atoms with Gasteiger partial charge in [0, 0.05) is 6.20 Å². The SMILES string of the molecule is CC(C)(C)c1cc(-c2cccc(-c3ccccc3)c2-n2[c](=[Pt])n(-c3cccc(Oc4ccc5c6cc7c(cc6n(-c6cc(C(C)(C)C)ccn6)c5c4)C4(c5ccccc5-c5ccccc54)c4ccccc4-7)c3)c3ccccc32)cc(C(C)(C)C)c1. The Hall–Kier alpha value is -8.89. The van der Waals surface area contributed by atoms with E-state index in [1.807, 2.05) is 6.20 Å². The monoisotopic (exact) mass is 1280 g/mol. The van der Waals surface area contributed by atoms with Crippen LogP contribution in [0.3, 0.4) is 0 Å². The number of ether oxygens (including phenoxy) is 1. The Labute approximate surface area is 508 Å². The van der Waals surface area contributed by atoms with Gasteiger partial charge in [-0.2, -0.15) is 0 Å². The Bertz CT molecular complexity index is 4880. The number of benzene rings is 10. The van der Waals surface area contributed by atoms with Crippen LogP contribution in [0.4, 0.5) is 0 Å². The number of hydrogen-bond donors (Lipinski definition) is 0. The molecular weight excluding hydrogens is 1220 g/mol. The Balaban J connectivity index is 0.898. The van der Waals surface area contributed by atoms with Crippen molar-refractivity contribution >= 4 is 32.8 Å². The third-order valence-corrected chi connectivity index (χ3v) is 19.0. The van der Waals surface area contributed by atoms with Gasteiger partial charge in [-0.15, -0.1) is 0 Å². The first-order chi connectivity index (χ1) is 41.0. The van der Waals surface area contributed by atoms with Gasteiger partial charge in [0.15, 0.2) is 0 Å². The van der Waals surface area contributed by atoms with E-state index in [9.17, 15) is 0 Å². The van der Waals surface area contributed by atoms with E-state index < -0.39 is 5.41 Å². The van der Waals surface area contributed by atoms with Gasteiger partial charge in [0.05, 0.1) is 5.41 Å². The number of imidazole rings is 1. The van der Waals surface area contributed by atoms with E-state index in [4.69, 9.17) is 9.72 Å². The second-order valence-electron chi connectivity index (χ2n) is 26.3. The van der Waals surface area contributed by atoms with Crippen LogP contribution in [-0.4, -0.2) is 18.7 Å². The summed E-state index contributed by atoms with van der Waals surface area (Å²) in [7, 11) is 0. The minimum absolute atomic E-state index is 0.0499. The Morgan fingerprint density at radius 3 is 1.53 bits per heavy atom. The topological polar surface area (TPSA) is 36.9 Å². The summed E-state index contributed by atoms with van der Waals surface area (Å²) in [6.07, 6.45) is 1.97. The Morgan fingerprint density at radius 1 is 0.365 bits per heavy atom. The molecule has 1 spiro atoms. The first-order valence-electron chi connectivity index (χ1n) is 29.7. The molecule has 0 radical (unpaired) electrons. The van der Waals surface area contributed by atoms with Crippen LogP contribution in [0.5, 0.6) is 11.5 Å². The van der Waals surface area contributed by atoms with Gasteiger partial charge in [-0.25, -0.2) is 0 Å². The molecular formula is C79H66N4OPt. The van der Waals surface area contributed by atoms with Crippen LogP contribution in [0.1, 0.15) is 101 Å². The van der Waals surface area contributed by atoms with Gasteiger partial charge in [-0.05, 0) is 61.6 Å². The molecule has 3 heterocycles. The molecule has 0 atom stereocenters. The Kier molecular flexibility index (Phi) is 12.0. The van der Waals surface area contributed by atoms with Crippen molar-refractivity contribution in [3.05, 3.63) is 279 Å². The summed E-state index contributed by atoms with van der Waals surface area (Å²) in [6.45, 7) is 20.7. The fourth-order valence-electron chi connectivity index (χ4n) is 13.8. The fourth-order valence-corrected chi connectivity index (χ4v) is 14.9. The van der Waals surface area contributed by atoms with Crippen molar-refractivity contribution in [1.29, 1.82) is 0 Å². The normalized spacial score (nSPS) is 13.4. The average Bonchev–Trinajstić information content (AvgIpc) is 1.56. The van der Waals surface area contributed by atoms with Crippen molar-refractivity contribution in [3.8, 4) is 73.2 Å². The molecule has 0 saturated carbocycles. The van der Waals surface area contributed by atoms with Gasteiger partial charge < -0.3 is 0 Å². The number of aromatic nitrogens is 4. The van der Waals surface area contributed by atoms with Crippen molar-refractivity contribution < 1.29 is 24.1 Å². The van der Waals surface area contributed by atoms with Crippen molar-refractivity contribution in [2.24, 2.45) is 0 Å². The second-order valence-corrected chi connectivity index (χ2v) is 27.4. The van der Waals surface area contributed by atoms with E-state index in [-0.39, 0.29) is 16.2 Å².